The van der Waals surface area contributed by atoms with Crippen LogP contribution in [0, 0.1) is 6.92 Å². The number of para-hydroxylation sites is 2. The normalized spacial score (nSPS) is 15.5. The van der Waals surface area contributed by atoms with Gasteiger partial charge in [0.25, 0.3) is 0 Å². The number of halogens is 1. The molecular formula is C18H28IN5. The van der Waals surface area contributed by atoms with Crippen molar-refractivity contribution in [1.29, 1.82) is 0 Å². The lowest BCUT2D eigenvalue weighted by Crippen LogP contribution is -2.42. The molecule has 132 valence electrons. The first-order valence-corrected chi connectivity index (χ1v) is 8.74. The van der Waals surface area contributed by atoms with Gasteiger partial charge in [-0.15, -0.1) is 24.0 Å². The van der Waals surface area contributed by atoms with Gasteiger partial charge in [0.2, 0.25) is 0 Å². The van der Waals surface area contributed by atoms with Crippen LogP contribution in [0.5, 0.6) is 0 Å². The van der Waals surface area contributed by atoms with Crippen molar-refractivity contribution in [3.8, 4) is 0 Å². The monoisotopic (exact) mass is 441 g/mol. The number of guanidine groups is 1. The molecule has 0 spiro atoms. The zero-order valence-electron chi connectivity index (χ0n) is 14.6. The summed E-state index contributed by atoms with van der Waals surface area (Å²) in [5.41, 5.74) is 2.25. The van der Waals surface area contributed by atoms with Gasteiger partial charge in [-0.25, -0.2) is 4.98 Å². The fraction of sp³-hybridized carbons (Fsp3) is 0.556. The zero-order chi connectivity index (χ0) is 16.1. The summed E-state index contributed by atoms with van der Waals surface area (Å²) in [7, 11) is 0. The van der Waals surface area contributed by atoms with E-state index >= 15 is 0 Å². The summed E-state index contributed by atoms with van der Waals surface area (Å²) in [6.07, 6.45) is 5.18. The number of aryl methyl sites for hydroxylation is 1. The molecule has 0 saturated heterocycles. The Morgan fingerprint density at radius 2 is 2.04 bits per heavy atom. The van der Waals surface area contributed by atoms with E-state index < -0.39 is 0 Å². The van der Waals surface area contributed by atoms with E-state index in [1.54, 1.807) is 0 Å². The first-order valence-electron chi connectivity index (χ1n) is 8.74. The van der Waals surface area contributed by atoms with Gasteiger partial charge in [-0.2, -0.15) is 0 Å². The minimum atomic E-state index is 0. The highest BCUT2D eigenvalue weighted by Gasteiger charge is 2.15. The molecule has 24 heavy (non-hydrogen) atoms. The molecule has 0 aliphatic heterocycles. The van der Waals surface area contributed by atoms with E-state index in [4.69, 9.17) is 4.99 Å². The lowest BCUT2D eigenvalue weighted by Gasteiger charge is -2.16. The fourth-order valence-electron chi connectivity index (χ4n) is 3.32. The summed E-state index contributed by atoms with van der Waals surface area (Å²) in [6.45, 7) is 6.67. The van der Waals surface area contributed by atoms with Crippen LogP contribution in [0.1, 0.15) is 38.4 Å². The van der Waals surface area contributed by atoms with E-state index in [-0.39, 0.29) is 24.0 Å². The molecule has 0 bridgehead atoms. The van der Waals surface area contributed by atoms with Crippen molar-refractivity contribution >= 4 is 41.0 Å². The van der Waals surface area contributed by atoms with Crippen molar-refractivity contribution < 1.29 is 0 Å². The molecule has 0 amide bonds. The number of hydrogen-bond donors (Lipinski definition) is 2. The topological polar surface area (TPSA) is 54.2 Å². The van der Waals surface area contributed by atoms with Crippen LogP contribution >= 0.6 is 24.0 Å². The van der Waals surface area contributed by atoms with Gasteiger partial charge in [0.1, 0.15) is 5.82 Å². The number of fused-ring (bicyclic) bond motifs is 1. The molecule has 6 heteroatoms. The van der Waals surface area contributed by atoms with Crippen molar-refractivity contribution in [1.82, 2.24) is 20.2 Å². The fourth-order valence-corrected chi connectivity index (χ4v) is 3.32. The Labute approximate surface area is 161 Å². The number of aliphatic imine (C=N–C) groups is 1. The Morgan fingerprint density at radius 3 is 2.79 bits per heavy atom. The van der Waals surface area contributed by atoms with Gasteiger partial charge >= 0.3 is 0 Å². The molecule has 1 aromatic heterocycles. The third kappa shape index (κ3) is 4.62. The second-order valence-electron chi connectivity index (χ2n) is 6.19. The van der Waals surface area contributed by atoms with Crippen molar-refractivity contribution in [2.24, 2.45) is 4.99 Å². The van der Waals surface area contributed by atoms with Crippen molar-refractivity contribution in [3.63, 3.8) is 0 Å². The maximum Gasteiger partial charge on any atom is 0.191 e. The molecule has 3 rings (SSSR count). The number of nitrogens with one attached hydrogen (secondary N) is 2. The van der Waals surface area contributed by atoms with Crippen LogP contribution in [0.4, 0.5) is 0 Å². The highest BCUT2D eigenvalue weighted by atomic mass is 127. The maximum atomic E-state index is 4.75. The van der Waals surface area contributed by atoms with Crippen LogP contribution in [0.15, 0.2) is 29.3 Å². The van der Waals surface area contributed by atoms with Gasteiger partial charge in [0.15, 0.2) is 5.96 Å². The molecule has 1 heterocycles. The molecule has 0 atom stereocenters. The van der Waals surface area contributed by atoms with Crippen molar-refractivity contribution in [3.05, 3.63) is 30.1 Å². The molecule has 1 aromatic carbocycles. The summed E-state index contributed by atoms with van der Waals surface area (Å²) in [5, 5.41) is 6.92. The molecular weight excluding hydrogens is 413 g/mol. The molecule has 0 radical (unpaired) electrons. The summed E-state index contributed by atoms with van der Waals surface area (Å²) in [4.78, 5) is 9.36. The summed E-state index contributed by atoms with van der Waals surface area (Å²) in [5.74, 6) is 2.00. The average Bonchev–Trinajstić information content (AvgIpc) is 3.15. The Balaban J connectivity index is 0.00000208. The van der Waals surface area contributed by atoms with E-state index in [0.717, 1.165) is 36.9 Å². The molecule has 1 aliphatic rings. The minimum Gasteiger partial charge on any atom is -0.357 e. The van der Waals surface area contributed by atoms with Crippen LogP contribution in [0.2, 0.25) is 0 Å². The Kier molecular flexibility index (Phi) is 7.33. The van der Waals surface area contributed by atoms with Crippen LogP contribution < -0.4 is 10.6 Å². The molecule has 1 saturated carbocycles. The predicted molar refractivity (Wildman–Crippen MR) is 111 cm³/mol. The molecule has 2 aromatic rings. The van der Waals surface area contributed by atoms with E-state index in [1.807, 2.05) is 6.07 Å². The number of imidazole rings is 1. The summed E-state index contributed by atoms with van der Waals surface area (Å²) in [6, 6.07) is 8.87. The Morgan fingerprint density at radius 1 is 1.29 bits per heavy atom. The van der Waals surface area contributed by atoms with Crippen LogP contribution in [-0.2, 0) is 6.54 Å². The van der Waals surface area contributed by atoms with Gasteiger partial charge in [0, 0.05) is 19.1 Å². The SMILES string of the molecule is CCNC(=NCCn1c(C)nc2ccccc21)NC1CCCC1.I. The van der Waals surface area contributed by atoms with Gasteiger partial charge in [-0.1, -0.05) is 25.0 Å². The third-order valence-corrected chi connectivity index (χ3v) is 4.48. The number of nitrogens with zero attached hydrogens (tertiary/aromatic N) is 3. The van der Waals surface area contributed by atoms with Gasteiger partial charge in [0.05, 0.1) is 17.6 Å². The summed E-state index contributed by atoms with van der Waals surface area (Å²) >= 11 is 0. The first kappa shape index (κ1) is 19.0. The maximum absolute atomic E-state index is 4.75. The Bertz CT molecular complexity index is 673. The van der Waals surface area contributed by atoms with Crippen molar-refractivity contribution in [2.45, 2.75) is 52.1 Å². The lowest BCUT2D eigenvalue weighted by atomic mass is 10.2. The predicted octanol–water partition coefficient (Wildman–Crippen LogP) is 3.46. The molecule has 1 aliphatic carbocycles. The zero-order valence-corrected chi connectivity index (χ0v) is 16.9. The van der Waals surface area contributed by atoms with Gasteiger partial charge < -0.3 is 15.2 Å². The first-order chi connectivity index (χ1) is 11.3. The number of benzene rings is 1. The highest BCUT2D eigenvalue weighted by molar-refractivity contribution is 14.0. The number of hydrogen-bond acceptors (Lipinski definition) is 2. The number of rotatable bonds is 5. The second kappa shape index (κ2) is 9.25. The second-order valence-corrected chi connectivity index (χ2v) is 6.19. The van der Waals surface area contributed by atoms with E-state index in [0.29, 0.717) is 6.04 Å². The largest absolute Gasteiger partial charge is 0.357 e. The highest BCUT2D eigenvalue weighted by Crippen LogP contribution is 2.17. The quantitative estimate of drug-likeness (QED) is 0.425. The van der Waals surface area contributed by atoms with E-state index in [9.17, 15) is 0 Å². The van der Waals surface area contributed by atoms with E-state index in [1.165, 1.54) is 31.2 Å². The molecule has 5 nitrogen and oxygen atoms in total. The van der Waals surface area contributed by atoms with Gasteiger partial charge in [-0.3, -0.25) is 4.99 Å². The smallest absolute Gasteiger partial charge is 0.191 e. The summed E-state index contributed by atoms with van der Waals surface area (Å²) < 4.78 is 2.25. The van der Waals surface area contributed by atoms with Gasteiger partial charge in [-0.05, 0) is 38.8 Å². The van der Waals surface area contributed by atoms with Crippen LogP contribution in [0.3, 0.4) is 0 Å². The lowest BCUT2D eigenvalue weighted by molar-refractivity contribution is 0.610. The number of aromatic nitrogens is 2. The Hall–Kier alpha value is -1.31. The van der Waals surface area contributed by atoms with Crippen LogP contribution in [-0.4, -0.2) is 34.6 Å². The average molecular weight is 441 g/mol. The molecule has 0 unspecified atom stereocenters. The standard InChI is InChI=1S/C18H27N5.HI/c1-3-19-18(22-15-8-4-5-9-15)20-12-13-23-14(2)21-16-10-6-7-11-17(16)23;/h6-7,10-11,15H,3-5,8-9,12-13H2,1-2H3,(H2,19,20,22);1H. The van der Waals surface area contributed by atoms with E-state index in [2.05, 4.69) is 52.2 Å². The molecule has 2 N–H and O–H groups in total. The van der Waals surface area contributed by atoms with Crippen molar-refractivity contribution in [2.75, 3.05) is 13.1 Å². The van der Waals surface area contributed by atoms with Crippen LogP contribution in [0.25, 0.3) is 11.0 Å². The third-order valence-electron chi connectivity index (χ3n) is 4.48. The minimum absolute atomic E-state index is 0. The molecule has 1 fully saturated rings.